The molecule has 0 fully saturated rings. The maximum atomic E-state index is 5.71. The van der Waals surface area contributed by atoms with E-state index >= 15 is 0 Å². The molecule has 0 aliphatic rings. The number of aromatic nitrogens is 7. The lowest BCUT2D eigenvalue weighted by molar-refractivity contribution is 0.471. The van der Waals surface area contributed by atoms with Crippen LogP contribution < -0.4 is 0 Å². The maximum Gasteiger partial charge on any atom is 0.247 e. The van der Waals surface area contributed by atoms with Crippen LogP contribution in [0.15, 0.2) is 57.7 Å². The zero-order valence-corrected chi connectivity index (χ0v) is 13.8. The molecule has 0 saturated carbocycles. The molecule has 0 aliphatic heterocycles. The number of tetrazole rings is 1. The summed E-state index contributed by atoms with van der Waals surface area (Å²) in [5.41, 5.74) is 1.71. The first-order chi connectivity index (χ1) is 11.8. The summed E-state index contributed by atoms with van der Waals surface area (Å²) in [4.78, 5) is 3.99. The minimum Gasteiger partial charge on any atom is -0.419 e. The Morgan fingerprint density at radius 3 is 2.50 bits per heavy atom. The molecule has 0 bridgehead atoms. The fourth-order valence-electron chi connectivity index (χ4n) is 2.17. The molecule has 3 heterocycles. The van der Waals surface area contributed by atoms with Crippen molar-refractivity contribution < 1.29 is 4.42 Å². The third-order valence-corrected chi connectivity index (χ3v) is 3.84. The molecule has 0 saturated heterocycles. The smallest absolute Gasteiger partial charge is 0.247 e. The van der Waals surface area contributed by atoms with Crippen LogP contribution in [0.1, 0.15) is 5.89 Å². The van der Waals surface area contributed by atoms with Crippen molar-refractivity contribution in [2.45, 2.75) is 6.54 Å². The van der Waals surface area contributed by atoms with E-state index in [1.54, 1.807) is 17.1 Å². The summed E-state index contributed by atoms with van der Waals surface area (Å²) in [6, 6.07) is 11.3. The predicted molar refractivity (Wildman–Crippen MR) is 87.6 cm³/mol. The average Bonchev–Trinajstić information content (AvgIpc) is 3.26. The van der Waals surface area contributed by atoms with Gasteiger partial charge in [0.15, 0.2) is 5.82 Å². The van der Waals surface area contributed by atoms with Crippen molar-refractivity contribution in [2.75, 3.05) is 0 Å². The van der Waals surface area contributed by atoms with E-state index in [9.17, 15) is 0 Å². The quantitative estimate of drug-likeness (QED) is 0.534. The first-order valence-corrected chi connectivity index (χ1v) is 7.84. The second-order valence-corrected chi connectivity index (χ2v) is 5.82. The van der Waals surface area contributed by atoms with E-state index < -0.39 is 0 Å². The minimum absolute atomic E-state index is 0.286. The molecule has 0 spiro atoms. The summed E-state index contributed by atoms with van der Waals surface area (Å²) in [7, 11) is 0. The van der Waals surface area contributed by atoms with Gasteiger partial charge in [-0.1, -0.05) is 15.9 Å². The average molecular weight is 384 g/mol. The highest BCUT2D eigenvalue weighted by molar-refractivity contribution is 9.10. The maximum absolute atomic E-state index is 5.71. The molecule has 3 aromatic heterocycles. The highest BCUT2D eigenvalue weighted by Crippen LogP contribution is 2.21. The van der Waals surface area contributed by atoms with Gasteiger partial charge in [0.2, 0.25) is 11.8 Å². The lowest BCUT2D eigenvalue weighted by Crippen LogP contribution is -2.04. The molecule has 0 amide bonds. The van der Waals surface area contributed by atoms with Crippen molar-refractivity contribution in [1.82, 2.24) is 35.4 Å². The van der Waals surface area contributed by atoms with Crippen LogP contribution in [0.25, 0.3) is 22.8 Å². The zero-order valence-electron chi connectivity index (χ0n) is 12.2. The summed E-state index contributed by atoms with van der Waals surface area (Å²) in [5.74, 6) is 1.49. The third kappa shape index (κ3) is 2.93. The number of pyridine rings is 1. The van der Waals surface area contributed by atoms with Crippen molar-refractivity contribution in [3.63, 3.8) is 0 Å². The van der Waals surface area contributed by atoms with Crippen LogP contribution in [0.2, 0.25) is 0 Å². The summed E-state index contributed by atoms with van der Waals surface area (Å²) < 4.78 is 8.30. The number of hydrogen-bond acceptors (Lipinski definition) is 7. The number of nitrogens with zero attached hydrogens (tertiary/aromatic N) is 7. The van der Waals surface area contributed by atoms with Gasteiger partial charge in [0, 0.05) is 28.0 Å². The molecule has 1 aromatic carbocycles. The van der Waals surface area contributed by atoms with Gasteiger partial charge in [0.25, 0.3) is 0 Å². The van der Waals surface area contributed by atoms with Crippen molar-refractivity contribution in [1.29, 1.82) is 0 Å². The van der Waals surface area contributed by atoms with Gasteiger partial charge >= 0.3 is 0 Å². The van der Waals surface area contributed by atoms with Gasteiger partial charge in [-0.3, -0.25) is 4.98 Å². The molecule has 118 valence electrons. The molecule has 0 atom stereocenters. The highest BCUT2D eigenvalue weighted by Gasteiger charge is 2.14. The first-order valence-electron chi connectivity index (χ1n) is 7.04. The van der Waals surface area contributed by atoms with Crippen LogP contribution >= 0.6 is 15.9 Å². The van der Waals surface area contributed by atoms with Crippen LogP contribution in [0.3, 0.4) is 0 Å². The Labute approximate surface area is 144 Å². The summed E-state index contributed by atoms with van der Waals surface area (Å²) in [6.45, 7) is 0.286. The molecule has 0 N–H and O–H groups in total. The van der Waals surface area contributed by atoms with E-state index in [1.165, 1.54) is 0 Å². The van der Waals surface area contributed by atoms with E-state index in [0.29, 0.717) is 17.6 Å². The molecule has 4 rings (SSSR count). The molecular formula is C15H10BrN7O. The van der Waals surface area contributed by atoms with E-state index in [1.807, 2.05) is 36.4 Å². The topological polar surface area (TPSA) is 95.4 Å². The number of rotatable bonds is 4. The lowest BCUT2D eigenvalue weighted by Gasteiger charge is -2.01. The second-order valence-electron chi connectivity index (χ2n) is 4.90. The van der Waals surface area contributed by atoms with E-state index in [-0.39, 0.29) is 6.54 Å². The molecule has 8 nitrogen and oxygen atoms in total. The van der Waals surface area contributed by atoms with Crippen molar-refractivity contribution in [3.05, 3.63) is 59.2 Å². The van der Waals surface area contributed by atoms with Gasteiger partial charge in [-0.15, -0.1) is 15.3 Å². The van der Waals surface area contributed by atoms with Crippen LogP contribution in [0.4, 0.5) is 0 Å². The Kier molecular flexibility index (Phi) is 3.83. The lowest BCUT2D eigenvalue weighted by atomic mass is 10.2. The largest absolute Gasteiger partial charge is 0.419 e. The normalized spacial score (nSPS) is 10.9. The van der Waals surface area contributed by atoms with Crippen LogP contribution in [-0.4, -0.2) is 35.4 Å². The van der Waals surface area contributed by atoms with Crippen molar-refractivity contribution in [2.24, 2.45) is 0 Å². The molecule has 4 aromatic rings. The zero-order chi connectivity index (χ0) is 16.4. The van der Waals surface area contributed by atoms with Gasteiger partial charge < -0.3 is 4.42 Å². The number of hydrogen-bond donors (Lipinski definition) is 0. The molecular weight excluding hydrogens is 374 g/mol. The van der Waals surface area contributed by atoms with Gasteiger partial charge in [-0.2, -0.15) is 0 Å². The van der Waals surface area contributed by atoms with Gasteiger partial charge in [0.05, 0.1) is 0 Å². The third-order valence-electron chi connectivity index (χ3n) is 3.31. The van der Waals surface area contributed by atoms with Crippen LogP contribution in [0.5, 0.6) is 0 Å². The number of benzene rings is 1. The SMILES string of the molecule is Brc1ccc(-c2nnc(Cn3nnnc3-c3ccncc3)o2)cc1. The van der Waals surface area contributed by atoms with Crippen molar-refractivity contribution >= 4 is 15.9 Å². The van der Waals surface area contributed by atoms with E-state index in [2.05, 4.69) is 46.6 Å². The van der Waals surface area contributed by atoms with Crippen molar-refractivity contribution in [3.8, 4) is 22.8 Å². The minimum atomic E-state index is 0.286. The Bertz CT molecular complexity index is 949. The monoisotopic (exact) mass is 383 g/mol. The molecule has 9 heteroatoms. The first kappa shape index (κ1) is 14.6. The Balaban J connectivity index is 1.59. The molecule has 0 aliphatic carbocycles. The highest BCUT2D eigenvalue weighted by atomic mass is 79.9. The molecule has 24 heavy (non-hydrogen) atoms. The van der Waals surface area contributed by atoms with E-state index in [0.717, 1.165) is 15.6 Å². The Morgan fingerprint density at radius 2 is 1.71 bits per heavy atom. The predicted octanol–water partition coefficient (Wildman–Crippen LogP) is 2.60. The van der Waals surface area contributed by atoms with Gasteiger partial charge in [-0.05, 0) is 46.8 Å². The molecule has 0 radical (unpaired) electrons. The Hall–Kier alpha value is -2.94. The number of halogens is 1. The van der Waals surface area contributed by atoms with Gasteiger partial charge in [0.1, 0.15) is 6.54 Å². The summed E-state index contributed by atoms with van der Waals surface area (Å²) in [6.07, 6.45) is 3.37. The Morgan fingerprint density at radius 1 is 0.917 bits per heavy atom. The standard InChI is InChI=1S/C15H10BrN7O/c16-12-3-1-11(2-4-12)15-20-18-13(24-15)9-23-14(19-21-22-23)10-5-7-17-8-6-10/h1-8H,9H2. The van der Waals surface area contributed by atoms with Gasteiger partial charge in [-0.25, -0.2) is 4.68 Å². The fraction of sp³-hybridized carbons (Fsp3) is 0.0667. The van der Waals surface area contributed by atoms with Crippen LogP contribution in [0, 0.1) is 0 Å². The van der Waals surface area contributed by atoms with E-state index in [4.69, 9.17) is 4.42 Å². The summed E-state index contributed by atoms with van der Waals surface area (Å²) >= 11 is 3.40. The second kappa shape index (κ2) is 6.28. The van der Waals surface area contributed by atoms with Crippen LogP contribution in [-0.2, 0) is 6.54 Å². The fourth-order valence-corrected chi connectivity index (χ4v) is 2.44. The molecule has 0 unspecified atom stereocenters. The summed E-state index contributed by atoms with van der Waals surface area (Å²) in [5, 5.41) is 19.9.